The van der Waals surface area contributed by atoms with E-state index in [1.807, 2.05) is 11.8 Å². The number of anilines is 1. The number of amides is 1. The molecule has 1 aromatic rings. The van der Waals surface area contributed by atoms with Crippen LogP contribution in [0.1, 0.15) is 48.4 Å². The van der Waals surface area contributed by atoms with Gasteiger partial charge in [-0.05, 0) is 26.2 Å². The summed E-state index contributed by atoms with van der Waals surface area (Å²) < 4.78 is 5.02. The molecule has 0 saturated carbocycles. The van der Waals surface area contributed by atoms with E-state index in [1.165, 1.54) is 12.8 Å². The number of rotatable bonds is 6. The van der Waals surface area contributed by atoms with Crippen LogP contribution >= 0.6 is 0 Å². The number of aromatic nitrogens is 2. The van der Waals surface area contributed by atoms with Crippen LogP contribution in [0.5, 0.6) is 0 Å². The minimum atomic E-state index is 0.0207. The molecule has 1 N–H and O–H groups in total. The molecule has 1 aliphatic rings. The maximum Gasteiger partial charge on any atom is 0.272 e. The van der Waals surface area contributed by atoms with E-state index in [0.717, 1.165) is 38.9 Å². The molecule has 0 unspecified atom stereocenters. The van der Waals surface area contributed by atoms with Crippen LogP contribution in [0.25, 0.3) is 0 Å². The summed E-state index contributed by atoms with van der Waals surface area (Å²) in [6, 6.07) is 1.76. The largest absolute Gasteiger partial charge is 0.385 e. The van der Waals surface area contributed by atoms with Crippen LogP contribution < -0.4 is 5.32 Å². The Hall–Kier alpha value is -1.69. The van der Waals surface area contributed by atoms with Crippen molar-refractivity contribution in [1.29, 1.82) is 0 Å². The number of likely N-dealkylation sites (tertiary alicyclic amines) is 1. The Kier molecular flexibility index (Phi) is 6.58. The third-order valence-electron chi connectivity index (χ3n) is 3.78. The van der Waals surface area contributed by atoms with Gasteiger partial charge in [0, 0.05) is 39.4 Å². The number of nitrogens with zero attached hydrogens (tertiary/aromatic N) is 3. The fourth-order valence-corrected chi connectivity index (χ4v) is 2.64. The standard InChI is InChI=1S/C16H26N4O2/c1-13-18-14(12-15(19-13)17-8-7-11-22-2)16(21)20-9-5-3-4-6-10-20/h12H,3-11H2,1-2H3,(H,17,18,19). The number of nitrogens with one attached hydrogen (secondary N) is 1. The first-order chi connectivity index (χ1) is 10.7. The van der Waals surface area contributed by atoms with Crippen molar-refractivity contribution in [3.05, 3.63) is 17.6 Å². The van der Waals surface area contributed by atoms with Crippen molar-refractivity contribution in [3.8, 4) is 0 Å². The Bertz CT molecular complexity index is 485. The topological polar surface area (TPSA) is 67.3 Å². The minimum absolute atomic E-state index is 0.0207. The van der Waals surface area contributed by atoms with Gasteiger partial charge in [-0.15, -0.1) is 0 Å². The molecule has 0 atom stereocenters. The molecular formula is C16H26N4O2. The Morgan fingerprint density at radius 3 is 2.68 bits per heavy atom. The van der Waals surface area contributed by atoms with Gasteiger partial charge < -0.3 is 15.0 Å². The van der Waals surface area contributed by atoms with Crippen molar-refractivity contribution in [2.45, 2.75) is 39.0 Å². The zero-order valence-corrected chi connectivity index (χ0v) is 13.6. The molecule has 0 aliphatic carbocycles. The lowest BCUT2D eigenvalue weighted by Gasteiger charge is -2.20. The van der Waals surface area contributed by atoms with E-state index < -0.39 is 0 Å². The van der Waals surface area contributed by atoms with E-state index in [0.29, 0.717) is 23.9 Å². The lowest BCUT2D eigenvalue weighted by Crippen LogP contribution is -2.32. The number of carbonyl (C=O) groups excluding carboxylic acids is 1. The number of methoxy groups -OCH3 is 1. The molecule has 6 nitrogen and oxygen atoms in total. The van der Waals surface area contributed by atoms with Crippen LogP contribution in [0.4, 0.5) is 5.82 Å². The van der Waals surface area contributed by atoms with Gasteiger partial charge in [-0.2, -0.15) is 0 Å². The van der Waals surface area contributed by atoms with Crippen molar-refractivity contribution in [3.63, 3.8) is 0 Å². The van der Waals surface area contributed by atoms with Gasteiger partial charge in [0.25, 0.3) is 5.91 Å². The number of carbonyl (C=O) groups is 1. The Morgan fingerprint density at radius 2 is 2.00 bits per heavy atom. The SMILES string of the molecule is COCCCNc1cc(C(=O)N2CCCCCC2)nc(C)n1. The second-order valence-electron chi connectivity index (χ2n) is 5.67. The van der Waals surface area contributed by atoms with Gasteiger partial charge in [0.2, 0.25) is 0 Å². The number of hydrogen-bond acceptors (Lipinski definition) is 5. The van der Waals surface area contributed by atoms with Gasteiger partial charge in [0.15, 0.2) is 0 Å². The highest BCUT2D eigenvalue weighted by atomic mass is 16.5. The van der Waals surface area contributed by atoms with E-state index in [2.05, 4.69) is 15.3 Å². The highest BCUT2D eigenvalue weighted by Crippen LogP contribution is 2.14. The van der Waals surface area contributed by atoms with Gasteiger partial charge in [-0.25, -0.2) is 9.97 Å². The summed E-state index contributed by atoms with van der Waals surface area (Å²) in [5.74, 6) is 1.35. The van der Waals surface area contributed by atoms with Crippen molar-refractivity contribution in [1.82, 2.24) is 14.9 Å². The minimum Gasteiger partial charge on any atom is -0.385 e. The van der Waals surface area contributed by atoms with Gasteiger partial charge in [0.1, 0.15) is 17.3 Å². The van der Waals surface area contributed by atoms with E-state index in [4.69, 9.17) is 4.74 Å². The highest BCUT2D eigenvalue weighted by Gasteiger charge is 2.19. The van der Waals surface area contributed by atoms with Crippen LogP contribution in [0, 0.1) is 6.92 Å². The Labute approximate surface area is 132 Å². The molecule has 0 radical (unpaired) electrons. The molecule has 0 aromatic carbocycles. The third kappa shape index (κ3) is 4.94. The van der Waals surface area contributed by atoms with Crippen molar-refractivity contribution < 1.29 is 9.53 Å². The monoisotopic (exact) mass is 306 g/mol. The predicted molar refractivity (Wildman–Crippen MR) is 86.1 cm³/mol. The van der Waals surface area contributed by atoms with Crippen molar-refractivity contribution in [2.75, 3.05) is 38.7 Å². The molecule has 1 aliphatic heterocycles. The average Bonchev–Trinajstić information content (AvgIpc) is 2.79. The average molecular weight is 306 g/mol. The molecule has 1 saturated heterocycles. The van der Waals surface area contributed by atoms with Crippen LogP contribution in [0.3, 0.4) is 0 Å². The smallest absolute Gasteiger partial charge is 0.272 e. The first kappa shape index (κ1) is 16.7. The van der Waals surface area contributed by atoms with Crippen LogP contribution in [0.15, 0.2) is 6.07 Å². The van der Waals surface area contributed by atoms with E-state index in [9.17, 15) is 4.79 Å². The van der Waals surface area contributed by atoms with Gasteiger partial charge >= 0.3 is 0 Å². The lowest BCUT2D eigenvalue weighted by molar-refractivity contribution is 0.0755. The first-order valence-corrected chi connectivity index (χ1v) is 8.08. The summed E-state index contributed by atoms with van der Waals surface area (Å²) in [6.45, 7) is 4.95. The first-order valence-electron chi connectivity index (χ1n) is 8.08. The van der Waals surface area contributed by atoms with Gasteiger partial charge in [-0.3, -0.25) is 4.79 Å². The fraction of sp³-hybridized carbons (Fsp3) is 0.688. The van der Waals surface area contributed by atoms with E-state index in [1.54, 1.807) is 13.2 Å². The zero-order valence-electron chi connectivity index (χ0n) is 13.6. The molecule has 1 amide bonds. The Morgan fingerprint density at radius 1 is 1.27 bits per heavy atom. The lowest BCUT2D eigenvalue weighted by atomic mass is 10.2. The number of ether oxygens (including phenoxy) is 1. The molecule has 122 valence electrons. The third-order valence-corrected chi connectivity index (χ3v) is 3.78. The zero-order chi connectivity index (χ0) is 15.8. The number of aryl methyl sites for hydroxylation is 1. The summed E-state index contributed by atoms with van der Waals surface area (Å²) in [6.07, 6.45) is 5.47. The van der Waals surface area contributed by atoms with Crippen molar-refractivity contribution in [2.24, 2.45) is 0 Å². The molecule has 2 rings (SSSR count). The summed E-state index contributed by atoms with van der Waals surface area (Å²) >= 11 is 0. The van der Waals surface area contributed by atoms with Crippen LogP contribution in [0.2, 0.25) is 0 Å². The summed E-state index contributed by atoms with van der Waals surface area (Å²) in [4.78, 5) is 23.2. The molecule has 22 heavy (non-hydrogen) atoms. The molecule has 6 heteroatoms. The molecule has 0 bridgehead atoms. The fourth-order valence-electron chi connectivity index (χ4n) is 2.64. The summed E-state index contributed by atoms with van der Waals surface area (Å²) in [7, 11) is 1.69. The van der Waals surface area contributed by atoms with Gasteiger partial charge in [-0.1, -0.05) is 12.8 Å². The van der Waals surface area contributed by atoms with E-state index >= 15 is 0 Å². The second-order valence-corrected chi connectivity index (χ2v) is 5.67. The van der Waals surface area contributed by atoms with Crippen LogP contribution in [-0.2, 0) is 4.74 Å². The maximum atomic E-state index is 12.6. The predicted octanol–water partition coefficient (Wildman–Crippen LogP) is 2.25. The molecule has 2 heterocycles. The molecule has 0 spiro atoms. The summed E-state index contributed by atoms with van der Waals surface area (Å²) in [5.41, 5.74) is 0.489. The normalized spacial score (nSPS) is 15.5. The second kappa shape index (κ2) is 8.68. The van der Waals surface area contributed by atoms with Crippen molar-refractivity contribution >= 4 is 11.7 Å². The number of hydrogen-bond donors (Lipinski definition) is 1. The molecule has 1 aromatic heterocycles. The maximum absolute atomic E-state index is 12.6. The summed E-state index contributed by atoms with van der Waals surface area (Å²) in [5, 5.41) is 3.23. The van der Waals surface area contributed by atoms with E-state index in [-0.39, 0.29) is 5.91 Å². The quantitative estimate of drug-likeness (QED) is 0.817. The molecule has 1 fully saturated rings. The van der Waals surface area contributed by atoms with Gasteiger partial charge in [0.05, 0.1) is 0 Å². The van der Waals surface area contributed by atoms with Crippen LogP contribution in [-0.4, -0.2) is 54.1 Å². The Balaban J connectivity index is 2.02. The highest BCUT2D eigenvalue weighted by molar-refractivity contribution is 5.93. The molecular weight excluding hydrogens is 280 g/mol.